The van der Waals surface area contributed by atoms with Crippen LogP contribution in [0.5, 0.6) is 0 Å². The van der Waals surface area contributed by atoms with Crippen molar-refractivity contribution in [2.24, 2.45) is 0 Å². The molecule has 3 aromatic rings. The lowest BCUT2D eigenvalue weighted by molar-refractivity contribution is -0.142. The number of alkyl halides is 3. The Morgan fingerprint density at radius 2 is 1.85 bits per heavy atom. The zero-order chi connectivity index (χ0) is 18.3. The van der Waals surface area contributed by atoms with E-state index in [-0.39, 0.29) is 17.4 Å². The molecule has 3 heterocycles. The summed E-state index contributed by atoms with van der Waals surface area (Å²) in [5.74, 6) is 0. The van der Waals surface area contributed by atoms with Gasteiger partial charge in [-0.25, -0.2) is 9.50 Å². The Bertz CT molecular complexity index is 918. The molecule has 1 atom stereocenters. The second-order valence-corrected chi connectivity index (χ2v) is 6.66. The maximum atomic E-state index is 14.1. The number of aromatic nitrogens is 3. The molecule has 0 aliphatic carbocycles. The highest BCUT2D eigenvalue weighted by Gasteiger charge is 2.41. The van der Waals surface area contributed by atoms with Crippen LogP contribution in [0.3, 0.4) is 0 Å². The van der Waals surface area contributed by atoms with Crippen LogP contribution in [0.15, 0.2) is 42.6 Å². The molecule has 1 saturated heterocycles. The van der Waals surface area contributed by atoms with Gasteiger partial charge in [0.1, 0.15) is 0 Å². The Morgan fingerprint density at radius 3 is 2.54 bits per heavy atom. The number of halogens is 3. The highest BCUT2D eigenvalue weighted by Crippen LogP contribution is 2.43. The van der Waals surface area contributed by atoms with Crippen molar-refractivity contribution in [1.29, 1.82) is 0 Å². The highest BCUT2D eigenvalue weighted by atomic mass is 19.4. The van der Waals surface area contributed by atoms with Crippen molar-refractivity contribution < 1.29 is 13.2 Å². The van der Waals surface area contributed by atoms with Gasteiger partial charge in [-0.3, -0.25) is 0 Å². The molecule has 1 aliphatic heterocycles. The Balaban J connectivity index is 2.07. The predicted octanol–water partition coefficient (Wildman–Crippen LogP) is 4.79. The van der Waals surface area contributed by atoms with Gasteiger partial charge in [0.2, 0.25) is 0 Å². The summed E-state index contributed by atoms with van der Waals surface area (Å²) in [6.45, 7) is 2.56. The number of rotatable bonds is 2. The van der Waals surface area contributed by atoms with Crippen molar-refractivity contribution in [1.82, 2.24) is 14.6 Å². The van der Waals surface area contributed by atoms with Crippen molar-refractivity contribution in [3.05, 3.63) is 48.3 Å². The van der Waals surface area contributed by atoms with Crippen LogP contribution in [-0.4, -0.2) is 27.2 Å². The Hall–Kier alpha value is -2.57. The molecule has 1 fully saturated rings. The maximum absolute atomic E-state index is 14.1. The van der Waals surface area contributed by atoms with Crippen LogP contribution in [0.1, 0.15) is 31.9 Å². The van der Waals surface area contributed by atoms with Crippen LogP contribution < -0.4 is 4.90 Å². The monoisotopic (exact) mass is 360 g/mol. The first-order valence-corrected chi connectivity index (χ1v) is 8.74. The molecule has 136 valence electrons. The Labute approximate surface area is 149 Å². The second kappa shape index (κ2) is 6.30. The predicted molar refractivity (Wildman–Crippen MR) is 94.1 cm³/mol. The lowest BCUT2D eigenvalue weighted by Gasteiger charge is -2.37. The number of hydrogen-bond donors (Lipinski definition) is 0. The molecule has 7 heteroatoms. The molecule has 0 spiro atoms. The average Bonchev–Trinajstić information content (AvgIpc) is 3.08. The number of hydrogen-bond acceptors (Lipinski definition) is 3. The zero-order valence-corrected chi connectivity index (χ0v) is 14.4. The third kappa shape index (κ3) is 2.81. The molecule has 4 nitrogen and oxygen atoms in total. The number of benzene rings is 1. The van der Waals surface area contributed by atoms with E-state index in [2.05, 4.69) is 10.1 Å². The van der Waals surface area contributed by atoms with E-state index in [1.807, 2.05) is 30.0 Å². The van der Waals surface area contributed by atoms with Crippen molar-refractivity contribution in [3.8, 4) is 11.3 Å². The number of anilines is 1. The summed E-state index contributed by atoms with van der Waals surface area (Å²) in [4.78, 5) is 6.40. The minimum Gasteiger partial charge on any atom is -0.365 e. The lowest BCUT2D eigenvalue weighted by Crippen LogP contribution is -2.40. The summed E-state index contributed by atoms with van der Waals surface area (Å²) in [5, 5.41) is 3.91. The third-order valence-corrected chi connectivity index (χ3v) is 4.92. The first-order valence-electron chi connectivity index (χ1n) is 8.74. The van der Waals surface area contributed by atoms with E-state index in [9.17, 15) is 13.2 Å². The van der Waals surface area contributed by atoms with Crippen molar-refractivity contribution >= 4 is 11.3 Å². The van der Waals surface area contributed by atoms with Gasteiger partial charge in [0.05, 0.1) is 17.6 Å². The lowest BCUT2D eigenvalue weighted by atomic mass is 10.00. The van der Waals surface area contributed by atoms with Gasteiger partial charge in [0, 0.05) is 24.2 Å². The van der Waals surface area contributed by atoms with E-state index in [0.29, 0.717) is 17.8 Å². The fourth-order valence-corrected chi connectivity index (χ4v) is 3.69. The van der Waals surface area contributed by atoms with Gasteiger partial charge in [-0.05, 0) is 26.2 Å². The van der Waals surface area contributed by atoms with E-state index in [0.717, 1.165) is 23.8 Å². The molecule has 0 N–H and O–H groups in total. The first-order chi connectivity index (χ1) is 12.5. The van der Waals surface area contributed by atoms with Crippen LogP contribution in [0.2, 0.25) is 0 Å². The SMILES string of the molecule is CC1CCCCN1c1c(-c2ccccc2)nc2ccnn2c1C(F)(F)F. The van der Waals surface area contributed by atoms with Gasteiger partial charge in [-0.15, -0.1) is 0 Å². The standard InChI is InChI=1S/C19H19F3N4/c1-13-7-5-6-12-25(13)17-16(14-8-3-2-4-9-14)24-15-10-11-23-26(15)18(17)19(20,21)22/h2-4,8-11,13H,5-7,12H2,1H3. The molecular formula is C19H19F3N4. The molecule has 0 bridgehead atoms. The summed E-state index contributed by atoms with van der Waals surface area (Å²) in [6.07, 6.45) is -0.425. The van der Waals surface area contributed by atoms with Crippen LogP contribution in [0, 0.1) is 0 Å². The molecule has 1 aliphatic rings. The van der Waals surface area contributed by atoms with Crippen LogP contribution >= 0.6 is 0 Å². The van der Waals surface area contributed by atoms with Gasteiger partial charge in [0.15, 0.2) is 11.3 Å². The fourth-order valence-electron chi connectivity index (χ4n) is 3.69. The Kier molecular flexibility index (Phi) is 4.09. The van der Waals surface area contributed by atoms with Gasteiger partial charge >= 0.3 is 6.18 Å². The van der Waals surface area contributed by atoms with E-state index < -0.39 is 11.9 Å². The summed E-state index contributed by atoms with van der Waals surface area (Å²) in [7, 11) is 0. The molecule has 1 unspecified atom stereocenters. The topological polar surface area (TPSA) is 33.4 Å². The number of piperidine rings is 1. The van der Waals surface area contributed by atoms with Crippen molar-refractivity contribution in [3.63, 3.8) is 0 Å². The van der Waals surface area contributed by atoms with Gasteiger partial charge in [-0.2, -0.15) is 18.3 Å². The smallest absolute Gasteiger partial charge is 0.365 e. The second-order valence-electron chi connectivity index (χ2n) is 6.66. The maximum Gasteiger partial charge on any atom is 0.435 e. The van der Waals surface area contributed by atoms with Crippen LogP contribution in [-0.2, 0) is 6.18 Å². The van der Waals surface area contributed by atoms with Crippen molar-refractivity contribution in [2.45, 2.75) is 38.4 Å². The van der Waals surface area contributed by atoms with Crippen LogP contribution in [0.25, 0.3) is 16.9 Å². The molecule has 26 heavy (non-hydrogen) atoms. The Morgan fingerprint density at radius 1 is 1.08 bits per heavy atom. The largest absolute Gasteiger partial charge is 0.435 e. The summed E-state index contributed by atoms with van der Waals surface area (Å²) in [5.41, 5.74) is 0.617. The molecule has 4 rings (SSSR count). The quantitative estimate of drug-likeness (QED) is 0.659. The van der Waals surface area contributed by atoms with Gasteiger partial charge < -0.3 is 4.90 Å². The molecule has 0 radical (unpaired) electrons. The molecule has 0 saturated carbocycles. The van der Waals surface area contributed by atoms with E-state index in [1.54, 1.807) is 12.1 Å². The summed E-state index contributed by atoms with van der Waals surface area (Å²) < 4.78 is 43.3. The van der Waals surface area contributed by atoms with E-state index in [4.69, 9.17) is 0 Å². The molecular weight excluding hydrogens is 341 g/mol. The number of fused-ring (bicyclic) bond motifs is 1. The van der Waals surface area contributed by atoms with E-state index >= 15 is 0 Å². The van der Waals surface area contributed by atoms with Crippen molar-refractivity contribution in [2.75, 3.05) is 11.4 Å². The highest BCUT2D eigenvalue weighted by molar-refractivity contribution is 5.79. The van der Waals surface area contributed by atoms with Crippen LogP contribution in [0.4, 0.5) is 18.9 Å². The van der Waals surface area contributed by atoms with Gasteiger partial charge in [0.25, 0.3) is 0 Å². The minimum atomic E-state index is -4.54. The van der Waals surface area contributed by atoms with Gasteiger partial charge in [-0.1, -0.05) is 30.3 Å². The molecule has 0 amide bonds. The van der Waals surface area contributed by atoms with E-state index in [1.165, 1.54) is 12.3 Å². The minimum absolute atomic E-state index is 0.0159. The molecule has 2 aromatic heterocycles. The molecule has 1 aromatic carbocycles. The zero-order valence-electron chi connectivity index (χ0n) is 14.4. The summed E-state index contributed by atoms with van der Waals surface area (Å²) >= 11 is 0. The fraction of sp³-hybridized carbons (Fsp3) is 0.368. The normalized spacial score (nSPS) is 18.5. The third-order valence-electron chi connectivity index (χ3n) is 4.92. The first kappa shape index (κ1) is 16.9. The number of nitrogens with zero attached hydrogens (tertiary/aromatic N) is 4. The summed E-state index contributed by atoms with van der Waals surface area (Å²) in [6, 6.07) is 10.6. The average molecular weight is 360 g/mol.